The average Bonchev–Trinajstić information content (AvgIpc) is 2.33. The Morgan fingerprint density at radius 2 is 1.38 bits per heavy atom. The van der Waals surface area contributed by atoms with Gasteiger partial charge in [-0.1, -0.05) is 0 Å². The normalized spacial score (nSPS) is 22.1. The molecule has 0 saturated carbocycles. The first-order valence-electron chi connectivity index (χ1n) is 5.34. The molecule has 13 heavy (non-hydrogen) atoms. The predicted molar refractivity (Wildman–Crippen MR) is 58.7 cm³/mol. The first-order valence-corrected chi connectivity index (χ1v) is 7.37. The number of nitrogens with zero attached hydrogens (tertiary/aromatic N) is 1. The molecular weight excluding hydrogens is 181 g/mol. The molecule has 0 aromatic rings. The summed E-state index contributed by atoms with van der Waals surface area (Å²) in [5, 5.41) is 0. The summed E-state index contributed by atoms with van der Waals surface area (Å²) in [5.41, 5.74) is 0. The lowest BCUT2D eigenvalue weighted by atomic mass is 10.3. The van der Waals surface area contributed by atoms with E-state index in [1.807, 2.05) is 0 Å². The summed E-state index contributed by atoms with van der Waals surface area (Å²) in [5.74, 6) is 0. The first-order chi connectivity index (χ1) is 5.97. The minimum atomic E-state index is -1.96. The maximum atomic E-state index is 12.5. The minimum Gasteiger partial charge on any atom is -0.307 e. The van der Waals surface area contributed by atoms with Crippen molar-refractivity contribution in [1.82, 2.24) is 4.67 Å². The van der Waals surface area contributed by atoms with Crippen LogP contribution in [0, 0.1) is 0 Å². The van der Waals surface area contributed by atoms with Crippen molar-refractivity contribution in [2.45, 2.75) is 52.6 Å². The molecule has 1 aliphatic heterocycles. The Morgan fingerprint density at radius 1 is 1.00 bits per heavy atom. The van der Waals surface area contributed by atoms with E-state index >= 15 is 0 Å². The summed E-state index contributed by atoms with van der Waals surface area (Å²) < 4.78 is 14.8. The third-order valence-corrected chi connectivity index (χ3v) is 6.54. The Hall–Kier alpha value is 0.190. The van der Waals surface area contributed by atoms with Gasteiger partial charge in [0.2, 0.25) is 0 Å². The van der Waals surface area contributed by atoms with Crippen LogP contribution in [-0.2, 0) is 4.57 Å². The molecule has 2 nitrogen and oxygen atoms in total. The summed E-state index contributed by atoms with van der Waals surface area (Å²) >= 11 is 0. The molecule has 0 unspecified atom stereocenters. The van der Waals surface area contributed by atoms with Gasteiger partial charge in [-0.2, -0.15) is 0 Å². The van der Waals surface area contributed by atoms with Gasteiger partial charge in [0, 0.05) is 24.4 Å². The zero-order chi connectivity index (χ0) is 10.1. The molecule has 0 aliphatic carbocycles. The quantitative estimate of drug-likeness (QED) is 0.656. The van der Waals surface area contributed by atoms with Gasteiger partial charge in [0.05, 0.1) is 0 Å². The standard InChI is InChI=1S/C10H22NOP/c1-9(2)11(10(3)4)13(12)7-5-6-8-13/h9-10H,5-8H2,1-4H3. The van der Waals surface area contributed by atoms with Crippen molar-refractivity contribution >= 4 is 7.29 Å². The van der Waals surface area contributed by atoms with Crippen molar-refractivity contribution in [3.8, 4) is 0 Å². The van der Waals surface area contributed by atoms with Crippen LogP contribution in [0.4, 0.5) is 0 Å². The number of hydrogen-bond acceptors (Lipinski definition) is 1. The van der Waals surface area contributed by atoms with Gasteiger partial charge in [-0.25, -0.2) is 4.67 Å². The summed E-state index contributed by atoms with van der Waals surface area (Å²) in [6.45, 7) is 8.60. The van der Waals surface area contributed by atoms with E-state index in [2.05, 4.69) is 32.4 Å². The van der Waals surface area contributed by atoms with Crippen molar-refractivity contribution < 1.29 is 4.57 Å². The maximum absolute atomic E-state index is 12.5. The molecule has 0 radical (unpaired) electrons. The van der Waals surface area contributed by atoms with E-state index in [0.717, 1.165) is 25.2 Å². The van der Waals surface area contributed by atoms with Crippen LogP contribution in [0.25, 0.3) is 0 Å². The second kappa shape index (κ2) is 4.14. The van der Waals surface area contributed by atoms with Crippen LogP contribution in [0.3, 0.4) is 0 Å². The lowest BCUT2D eigenvalue weighted by Gasteiger charge is -2.35. The van der Waals surface area contributed by atoms with Gasteiger partial charge in [-0.3, -0.25) is 0 Å². The Bertz CT molecular complexity index is 195. The van der Waals surface area contributed by atoms with E-state index in [0.29, 0.717) is 12.1 Å². The molecule has 78 valence electrons. The van der Waals surface area contributed by atoms with Gasteiger partial charge >= 0.3 is 0 Å². The summed E-state index contributed by atoms with van der Waals surface area (Å²) in [6, 6.07) is 0.841. The minimum absolute atomic E-state index is 0.420. The number of hydrogen-bond donors (Lipinski definition) is 0. The van der Waals surface area contributed by atoms with E-state index in [-0.39, 0.29) is 0 Å². The summed E-state index contributed by atoms with van der Waals surface area (Å²) in [6.07, 6.45) is 4.22. The maximum Gasteiger partial charge on any atom is 0.150 e. The zero-order valence-electron chi connectivity index (χ0n) is 9.29. The van der Waals surface area contributed by atoms with Gasteiger partial charge in [0.1, 0.15) is 0 Å². The van der Waals surface area contributed by atoms with E-state index < -0.39 is 7.29 Å². The Balaban J connectivity index is 2.80. The monoisotopic (exact) mass is 203 g/mol. The molecule has 0 atom stereocenters. The molecule has 0 spiro atoms. The van der Waals surface area contributed by atoms with Gasteiger partial charge in [-0.05, 0) is 40.5 Å². The first kappa shape index (κ1) is 11.3. The molecule has 3 heteroatoms. The molecule has 0 aromatic heterocycles. The summed E-state index contributed by atoms with van der Waals surface area (Å²) in [4.78, 5) is 0. The van der Waals surface area contributed by atoms with Crippen LogP contribution >= 0.6 is 7.29 Å². The fourth-order valence-electron chi connectivity index (χ4n) is 2.50. The van der Waals surface area contributed by atoms with Crippen molar-refractivity contribution in [2.75, 3.05) is 12.3 Å². The van der Waals surface area contributed by atoms with Crippen LogP contribution < -0.4 is 0 Å². The smallest absolute Gasteiger partial charge is 0.150 e. The zero-order valence-corrected chi connectivity index (χ0v) is 10.2. The molecule has 1 rings (SSSR count). The molecule has 0 bridgehead atoms. The molecule has 1 saturated heterocycles. The largest absolute Gasteiger partial charge is 0.307 e. The highest BCUT2D eigenvalue weighted by molar-refractivity contribution is 7.61. The Morgan fingerprint density at radius 3 is 1.69 bits per heavy atom. The molecule has 1 fully saturated rings. The van der Waals surface area contributed by atoms with Crippen molar-refractivity contribution in [3.63, 3.8) is 0 Å². The van der Waals surface area contributed by atoms with E-state index in [1.165, 1.54) is 0 Å². The second-order valence-electron chi connectivity index (χ2n) is 4.57. The van der Waals surface area contributed by atoms with Gasteiger partial charge in [0.15, 0.2) is 7.29 Å². The van der Waals surface area contributed by atoms with Crippen molar-refractivity contribution in [2.24, 2.45) is 0 Å². The molecular formula is C10H22NOP. The van der Waals surface area contributed by atoms with Crippen LogP contribution in [0.5, 0.6) is 0 Å². The van der Waals surface area contributed by atoms with Crippen LogP contribution in [-0.4, -0.2) is 29.1 Å². The van der Waals surface area contributed by atoms with Crippen LogP contribution in [0.1, 0.15) is 40.5 Å². The molecule has 0 N–H and O–H groups in total. The molecule has 1 heterocycles. The topological polar surface area (TPSA) is 20.3 Å². The second-order valence-corrected chi connectivity index (χ2v) is 7.62. The fourth-order valence-corrected chi connectivity index (χ4v) is 6.30. The highest BCUT2D eigenvalue weighted by Gasteiger charge is 2.36. The van der Waals surface area contributed by atoms with E-state index in [1.54, 1.807) is 0 Å². The summed E-state index contributed by atoms with van der Waals surface area (Å²) in [7, 11) is -1.96. The van der Waals surface area contributed by atoms with Gasteiger partial charge in [-0.15, -0.1) is 0 Å². The van der Waals surface area contributed by atoms with E-state index in [9.17, 15) is 4.57 Å². The molecule has 1 aliphatic rings. The van der Waals surface area contributed by atoms with Gasteiger partial charge < -0.3 is 4.57 Å². The SMILES string of the molecule is CC(C)N(C(C)C)P1(=O)CCCC1. The lowest BCUT2D eigenvalue weighted by molar-refractivity contribution is 0.301. The number of rotatable bonds is 3. The highest BCUT2D eigenvalue weighted by atomic mass is 31.2. The third-order valence-electron chi connectivity index (χ3n) is 2.74. The Labute approximate surface area is 82.1 Å². The molecule has 0 aromatic carbocycles. The fraction of sp³-hybridized carbons (Fsp3) is 1.00. The van der Waals surface area contributed by atoms with Crippen LogP contribution in [0.2, 0.25) is 0 Å². The third kappa shape index (κ3) is 2.35. The predicted octanol–water partition coefficient (Wildman–Crippen LogP) is 3.18. The van der Waals surface area contributed by atoms with Crippen molar-refractivity contribution in [3.05, 3.63) is 0 Å². The highest BCUT2D eigenvalue weighted by Crippen LogP contribution is 2.57. The Kier molecular flexibility index (Phi) is 3.59. The molecule has 0 amide bonds. The van der Waals surface area contributed by atoms with Crippen molar-refractivity contribution in [1.29, 1.82) is 0 Å². The lowest BCUT2D eigenvalue weighted by Crippen LogP contribution is -2.34. The average molecular weight is 203 g/mol. The van der Waals surface area contributed by atoms with Crippen LogP contribution in [0.15, 0.2) is 0 Å². The van der Waals surface area contributed by atoms with E-state index in [4.69, 9.17) is 0 Å². The van der Waals surface area contributed by atoms with Gasteiger partial charge in [0.25, 0.3) is 0 Å².